The summed E-state index contributed by atoms with van der Waals surface area (Å²) in [7, 11) is 1.54. The Hall–Kier alpha value is -3.46. The van der Waals surface area contributed by atoms with Gasteiger partial charge in [0.15, 0.2) is 11.5 Å². The van der Waals surface area contributed by atoms with Crippen LogP contribution in [0.5, 0.6) is 17.2 Å². The van der Waals surface area contributed by atoms with Crippen molar-refractivity contribution in [3.05, 3.63) is 53.6 Å². The lowest BCUT2D eigenvalue weighted by Gasteiger charge is -2.16. The molecule has 0 aromatic heterocycles. The molecule has 0 unspecified atom stereocenters. The Kier molecular flexibility index (Phi) is 7.46. The molecule has 0 atom stereocenters. The molecular weight excluding hydrogens is 356 g/mol. The van der Waals surface area contributed by atoms with E-state index in [2.05, 4.69) is 5.32 Å². The van der Waals surface area contributed by atoms with E-state index in [0.29, 0.717) is 35.1 Å². The standard InChI is InChI=1S/C22H24N2O4/c1-5-27-19-11-7-6-10-18(19)24-22(25)17(14-23)13-16-9-8-12-20(26-4)21(16)28-15(2)3/h6-13,15H,5H2,1-4H3,(H,24,25). The summed E-state index contributed by atoms with van der Waals surface area (Å²) in [5.74, 6) is 1.02. The zero-order chi connectivity index (χ0) is 20.5. The number of para-hydroxylation sites is 3. The Labute approximate surface area is 165 Å². The summed E-state index contributed by atoms with van der Waals surface area (Å²) in [6.45, 7) is 6.11. The molecule has 0 saturated heterocycles. The van der Waals surface area contributed by atoms with Gasteiger partial charge >= 0.3 is 0 Å². The van der Waals surface area contributed by atoms with E-state index in [0.717, 1.165) is 0 Å². The first kappa shape index (κ1) is 20.8. The average molecular weight is 380 g/mol. The Morgan fingerprint density at radius 3 is 2.54 bits per heavy atom. The Balaban J connectivity index is 2.37. The lowest BCUT2D eigenvalue weighted by atomic mass is 10.1. The van der Waals surface area contributed by atoms with E-state index in [1.807, 2.05) is 32.9 Å². The minimum atomic E-state index is -0.534. The second-order valence-corrected chi connectivity index (χ2v) is 6.10. The van der Waals surface area contributed by atoms with Crippen molar-refractivity contribution in [3.8, 4) is 23.3 Å². The number of carbonyl (C=O) groups is 1. The van der Waals surface area contributed by atoms with Crippen LogP contribution in [0.2, 0.25) is 0 Å². The molecule has 1 N–H and O–H groups in total. The molecule has 6 nitrogen and oxygen atoms in total. The van der Waals surface area contributed by atoms with Crippen LogP contribution >= 0.6 is 0 Å². The van der Waals surface area contributed by atoms with Gasteiger partial charge in [0.25, 0.3) is 5.91 Å². The van der Waals surface area contributed by atoms with Gasteiger partial charge < -0.3 is 19.5 Å². The van der Waals surface area contributed by atoms with E-state index >= 15 is 0 Å². The fraction of sp³-hybridized carbons (Fsp3) is 0.273. The maximum atomic E-state index is 12.7. The van der Waals surface area contributed by atoms with Gasteiger partial charge in [-0.15, -0.1) is 0 Å². The van der Waals surface area contributed by atoms with Crippen LogP contribution in [0.4, 0.5) is 5.69 Å². The summed E-state index contributed by atoms with van der Waals surface area (Å²) < 4.78 is 16.7. The third kappa shape index (κ3) is 5.27. The molecule has 0 aliphatic heterocycles. The number of nitrogens with zero attached hydrogens (tertiary/aromatic N) is 1. The van der Waals surface area contributed by atoms with E-state index in [1.165, 1.54) is 6.08 Å². The molecule has 2 rings (SSSR count). The first-order valence-electron chi connectivity index (χ1n) is 8.98. The number of amides is 1. The van der Waals surface area contributed by atoms with Crippen LogP contribution in [0, 0.1) is 11.3 Å². The van der Waals surface area contributed by atoms with Gasteiger partial charge in [-0.1, -0.05) is 24.3 Å². The van der Waals surface area contributed by atoms with Gasteiger partial charge in [-0.3, -0.25) is 4.79 Å². The molecule has 2 aromatic rings. The van der Waals surface area contributed by atoms with Crippen molar-refractivity contribution in [2.24, 2.45) is 0 Å². The summed E-state index contributed by atoms with van der Waals surface area (Å²) in [5.41, 5.74) is 1.02. The Morgan fingerprint density at radius 2 is 1.89 bits per heavy atom. The summed E-state index contributed by atoms with van der Waals surface area (Å²) in [6.07, 6.45) is 1.39. The van der Waals surface area contributed by atoms with E-state index < -0.39 is 5.91 Å². The van der Waals surface area contributed by atoms with Crippen LogP contribution in [-0.4, -0.2) is 25.7 Å². The third-order valence-corrected chi connectivity index (χ3v) is 3.68. The van der Waals surface area contributed by atoms with Crippen LogP contribution in [0.15, 0.2) is 48.0 Å². The van der Waals surface area contributed by atoms with Gasteiger partial charge in [-0.2, -0.15) is 5.26 Å². The average Bonchev–Trinajstić information content (AvgIpc) is 2.68. The fourth-order valence-electron chi connectivity index (χ4n) is 2.51. The number of methoxy groups -OCH3 is 1. The quantitative estimate of drug-likeness (QED) is 0.541. The summed E-state index contributed by atoms with van der Waals surface area (Å²) in [5, 5.41) is 12.3. The SMILES string of the molecule is CCOc1ccccc1NC(=O)C(C#N)=Cc1cccc(OC)c1OC(C)C. The number of nitriles is 1. The van der Waals surface area contributed by atoms with Crippen molar-refractivity contribution in [2.75, 3.05) is 19.0 Å². The van der Waals surface area contributed by atoms with Crippen LogP contribution in [0.1, 0.15) is 26.3 Å². The third-order valence-electron chi connectivity index (χ3n) is 3.68. The molecule has 0 heterocycles. The molecule has 0 saturated carbocycles. The smallest absolute Gasteiger partial charge is 0.266 e. The lowest BCUT2D eigenvalue weighted by Crippen LogP contribution is -2.14. The zero-order valence-corrected chi connectivity index (χ0v) is 16.5. The van der Waals surface area contributed by atoms with Gasteiger partial charge in [0.1, 0.15) is 17.4 Å². The van der Waals surface area contributed by atoms with Gasteiger partial charge in [-0.25, -0.2) is 0 Å². The number of nitrogens with one attached hydrogen (secondary N) is 1. The van der Waals surface area contributed by atoms with E-state index in [1.54, 1.807) is 43.5 Å². The van der Waals surface area contributed by atoms with Crippen LogP contribution in [0.3, 0.4) is 0 Å². The molecule has 1 amide bonds. The Morgan fingerprint density at radius 1 is 1.18 bits per heavy atom. The number of benzene rings is 2. The van der Waals surface area contributed by atoms with Gasteiger partial charge in [0.05, 0.1) is 25.5 Å². The molecule has 0 fully saturated rings. The maximum Gasteiger partial charge on any atom is 0.266 e. The van der Waals surface area contributed by atoms with E-state index in [9.17, 15) is 10.1 Å². The predicted molar refractivity (Wildman–Crippen MR) is 109 cm³/mol. The van der Waals surface area contributed by atoms with Crippen LogP contribution in [0.25, 0.3) is 6.08 Å². The lowest BCUT2D eigenvalue weighted by molar-refractivity contribution is -0.112. The molecule has 0 aliphatic rings. The second kappa shape index (κ2) is 10.0. The zero-order valence-electron chi connectivity index (χ0n) is 16.5. The number of carbonyl (C=O) groups excluding carboxylic acids is 1. The van der Waals surface area contributed by atoms with Crippen molar-refractivity contribution in [3.63, 3.8) is 0 Å². The molecule has 0 spiro atoms. The second-order valence-electron chi connectivity index (χ2n) is 6.10. The maximum absolute atomic E-state index is 12.7. The van der Waals surface area contributed by atoms with E-state index in [4.69, 9.17) is 14.2 Å². The minimum absolute atomic E-state index is 0.0619. The van der Waals surface area contributed by atoms with Crippen molar-refractivity contribution >= 4 is 17.7 Å². The highest BCUT2D eigenvalue weighted by Crippen LogP contribution is 2.33. The van der Waals surface area contributed by atoms with Gasteiger partial charge in [-0.05, 0) is 45.0 Å². The molecule has 0 aliphatic carbocycles. The summed E-state index contributed by atoms with van der Waals surface area (Å²) in [6, 6.07) is 14.3. The van der Waals surface area contributed by atoms with Crippen LogP contribution in [-0.2, 0) is 4.79 Å². The molecule has 6 heteroatoms. The topological polar surface area (TPSA) is 80.6 Å². The number of anilines is 1. The highest BCUT2D eigenvalue weighted by atomic mass is 16.5. The molecule has 0 radical (unpaired) electrons. The van der Waals surface area contributed by atoms with E-state index in [-0.39, 0.29) is 11.7 Å². The van der Waals surface area contributed by atoms with Crippen LogP contribution < -0.4 is 19.5 Å². The van der Waals surface area contributed by atoms with Gasteiger partial charge in [0.2, 0.25) is 0 Å². The highest BCUT2D eigenvalue weighted by molar-refractivity contribution is 6.10. The van der Waals surface area contributed by atoms with Gasteiger partial charge in [0, 0.05) is 5.56 Å². The number of hydrogen-bond donors (Lipinski definition) is 1. The monoisotopic (exact) mass is 380 g/mol. The number of rotatable bonds is 8. The number of ether oxygens (including phenoxy) is 3. The molecular formula is C22H24N2O4. The largest absolute Gasteiger partial charge is 0.493 e. The van der Waals surface area contributed by atoms with Crippen molar-refractivity contribution in [1.29, 1.82) is 5.26 Å². The molecule has 0 bridgehead atoms. The van der Waals surface area contributed by atoms with Crippen molar-refractivity contribution in [1.82, 2.24) is 0 Å². The minimum Gasteiger partial charge on any atom is -0.493 e. The normalized spacial score (nSPS) is 10.9. The first-order valence-corrected chi connectivity index (χ1v) is 8.98. The number of hydrogen-bond acceptors (Lipinski definition) is 5. The molecule has 28 heavy (non-hydrogen) atoms. The van der Waals surface area contributed by atoms with Crippen molar-refractivity contribution in [2.45, 2.75) is 26.9 Å². The molecule has 146 valence electrons. The Bertz CT molecular complexity index is 898. The predicted octanol–water partition coefficient (Wildman–Crippen LogP) is 4.43. The summed E-state index contributed by atoms with van der Waals surface area (Å²) in [4.78, 5) is 12.7. The molecule has 2 aromatic carbocycles. The summed E-state index contributed by atoms with van der Waals surface area (Å²) >= 11 is 0. The fourth-order valence-corrected chi connectivity index (χ4v) is 2.51. The highest BCUT2D eigenvalue weighted by Gasteiger charge is 2.16. The van der Waals surface area contributed by atoms with Crippen molar-refractivity contribution < 1.29 is 19.0 Å². The first-order chi connectivity index (χ1) is 13.5.